The molecule has 0 N–H and O–H groups in total. The van der Waals surface area contributed by atoms with Crippen molar-refractivity contribution in [2.45, 2.75) is 36.8 Å². The van der Waals surface area contributed by atoms with Crippen LogP contribution >= 0.6 is 0 Å². The van der Waals surface area contributed by atoms with E-state index in [4.69, 9.17) is 4.18 Å². The molecule has 4 rings (SSSR count). The lowest BCUT2D eigenvalue weighted by Gasteiger charge is -2.14. The van der Waals surface area contributed by atoms with E-state index in [1.807, 2.05) is 0 Å². The van der Waals surface area contributed by atoms with Gasteiger partial charge in [-0.15, -0.1) is 0 Å². The third-order valence-electron chi connectivity index (χ3n) is 5.42. The first-order valence-corrected chi connectivity index (χ1v) is 12.5. The highest BCUT2D eigenvalue weighted by atomic mass is 32.2. The van der Waals surface area contributed by atoms with Gasteiger partial charge in [0.25, 0.3) is 21.0 Å². The van der Waals surface area contributed by atoms with E-state index in [9.17, 15) is 30.0 Å². The number of alkyl halides is 3. The molecule has 176 valence electrons. The number of pyridine rings is 1. The van der Waals surface area contributed by atoms with E-state index in [-0.39, 0.29) is 33.3 Å². The molecule has 3 aromatic rings. The Bertz CT molecular complexity index is 1380. The maximum Gasteiger partial charge on any atom is 0.417 e. The molecule has 0 radical (unpaired) electrons. The number of aromatic nitrogens is 2. The maximum absolute atomic E-state index is 13.5. The molecular weight excluding hydrogens is 481 g/mol. The van der Waals surface area contributed by atoms with Crippen molar-refractivity contribution in [2.75, 3.05) is 0 Å². The second-order valence-corrected chi connectivity index (χ2v) is 10.1. The summed E-state index contributed by atoms with van der Waals surface area (Å²) in [5.74, 6) is -0.316. The first kappa shape index (κ1) is 23.3. The number of rotatable bonds is 6. The molecule has 0 aliphatic heterocycles. The van der Waals surface area contributed by atoms with Crippen LogP contribution in [-0.4, -0.2) is 25.8 Å². The minimum absolute atomic E-state index is 0.0560. The molecular formula is C21H19F3N2O5S2. The average Bonchev–Trinajstić information content (AvgIpc) is 3.40. The highest BCUT2D eigenvalue weighted by Gasteiger charge is 2.33. The molecule has 2 aromatic heterocycles. The molecule has 1 aliphatic rings. The van der Waals surface area contributed by atoms with E-state index in [1.165, 1.54) is 30.3 Å². The van der Waals surface area contributed by atoms with Crippen LogP contribution in [0.5, 0.6) is 0 Å². The predicted octanol–water partition coefficient (Wildman–Crippen LogP) is 4.37. The summed E-state index contributed by atoms with van der Waals surface area (Å²) in [4.78, 5) is 3.64. The van der Waals surface area contributed by atoms with Crippen LogP contribution in [0.25, 0.3) is 16.8 Å². The fourth-order valence-corrected chi connectivity index (χ4v) is 5.73. The summed E-state index contributed by atoms with van der Waals surface area (Å²) in [5.41, 5.74) is -1.55. The number of thiol groups is 1. The van der Waals surface area contributed by atoms with Gasteiger partial charge >= 0.3 is 6.18 Å². The normalized spacial score (nSPS) is 16.1. The third-order valence-corrected chi connectivity index (χ3v) is 7.48. The van der Waals surface area contributed by atoms with E-state index < -0.39 is 32.7 Å². The van der Waals surface area contributed by atoms with Gasteiger partial charge in [0.1, 0.15) is 5.69 Å². The van der Waals surface area contributed by atoms with Gasteiger partial charge in [-0.1, -0.05) is 31.0 Å². The van der Waals surface area contributed by atoms with Crippen molar-refractivity contribution >= 4 is 37.8 Å². The number of benzene rings is 1. The Hall–Kier alpha value is -2.86. The molecule has 0 bridgehead atoms. The lowest BCUT2D eigenvalue weighted by atomic mass is 10.1. The van der Waals surface area contributed by atoms with Gasteiger partial charge in [0.05, 0.1) is 10.5 Å². The zero-order valence-corrected chi connectivity index (χ0v) is 18.7. The topological polar surface area (TPSA) is 95.3 Å². The van der Waals surface area contributed by atoms with Crippen LogP contribution in [0.1, 0.15) is 36.9 Å². The summed E-state index contributed by atoms with van der Waals surface area (Å²) in [6.07, 6.45) is 0.709. The van der Waals surface area contributed by atoms with Gasteiger partial charge in [-0.05, 0) is 49.1 Å². The molecule has 1 saturated carbocycles. The third kappa shape index (κ3) is 4.76. The van der Waals surface area contributed by atoms with Crippen molar-refractivity contribution in [3.8, 4) is 0 Å². The van der Waals surface area contributed by atoms with Gasteiger partial charge in [-0.3, -0.25) is 0 Å². The van der Waals surface area contributed by atoms with E-state index in [0.717, 1.165) is 41.8 Å². The fraction of sp³-hybridized carbons (Fsp3) is 0.286. The van der Waals surface area contributed by atoms with Gasteiger partial charge in [-0.2, -0.15) is 21.6 Å². The van der Waals surface area contributed by atoms with Gasteiger partial charge in [-0.25, -0.2) is 17.4 Å². The summed E-state index contributed by atoms with van der Waals surface area (Å²) in [5, 5.41) is -0.124. The van der Waals surface area contributed by atoms with Crippen LogP contribution in [0.15, 0.2) is 59.6 Å². The van der Waals surface area contributed by atoms with E-state index >= 15 is 0 Å². The van der Waals surface area contributed by atoms with Crippen molar-refractivity contribution in [3.63, 3.8) is 0 Å². The highest BCUT2D eigenvalue weighted by molar-refractivity contribution is 7.90. The quantitative estimate of drug-likeness (QED) is 0.399. The van der Waals surface area contributed by atoms with Crippen LogP contribution in [0.2, 0.25) is 0 Å². The molecule has 12 heteroatoms. The number of hydrogen-bond donors (Lipinski definition) is 1. The maximum atomic E-state index is 13.5. The monoisotopic (exact) mass is 500 g/mol. The predicted molar refractivity (Wildman–Crippen MR) is 115 cm³/mol. The molecule has 2 heterocycles. The zero-order valence-electron chi connectivity index (χ0n) is 17.0. The molecule has 33 heavy (non-hydrogen) atoms. The minimum Gasteiger partial charge on any atom is -0.382 e. The molecule has 1 aliphatic carbocycles. The number of hydrogen-bond acceptors (Lipinski definition) is 6. The highest BCUT2D eigenvalue weighted by Crippen LogP contribution is 2.36. The number of nitrogens with zero attached hydrogens (tertiary/aromatic N) is 2. The van der Waals surface area contributed by atoms with Crippen molar-refractivity contribution < 1.29 is 34.2 Å². The minimum atomic E-state index is -4.70. The lowest BCUT2D eigenvalue weighted by molar-refractivity contribution is -0.137. The summed E-state index contributed by atoms with van der Waals surface area (Å²) in [7, 11) is -7.78. The van der Waals surface area contributed by atoms with E-state index in [1.54, 1.807) is 6.07 Å². The Kier molecular flexibility index (Phi) is 6.23. The molecule has 0 amide bonds. The first-order chi connectivity index (χ1) is 15.6. The second kappa shape index (κ2) is 8.82. The van der Waals surface area contributed by atoms with Crippen molar-refractivity contribution in [2.24, 2.45) is 5.92 Å². The molecule has 0 saturated heterocycles. The van der Waals surface area contributed by atoms with Crippen LogP contribution in [0.4, 0.5) is 13.2 Å². The molecule has 1 aromatic carbocycles. The molecule has 1 fully saturated rings. The second-order valence-electron chi connectivity index (χ2n) is 7.64. The lowest BCUT2D eigenvalue weighted by Crippen LogP contribution is -2.17. The van der Waals surface area contributed by atoms with Crippen LogP contribution in [-0.2, 0) is 31.4 Å². The van der Waals surface area contributed by atoms with Crippen molar-refractivity contribution in [1.29, 1.82) is 0 Å². The zero-order chi connectivity index (χ0) is 23.8. The number of allylic oxidation sites excluding steroid dienone is 1. The first-order valence-electron chi connectivity index (χ1n) is 10.0. The molecule has 0 unspecified atom stereocenters. The van der Waals surface area contributed by atoms with Crippen molar-refractivity contribution in [3.05, 3.63) is 66.0 Å². The van der Waals surface area contributed by atoms with Crippen LogP contribution in [0, 0.1) is 5.92 Å². The Morgan fingerprint density at radius 2 is 1.79 bits per heavy atom. The average molecular weight is 501 g/mol. The standard InChI is InChI=1S/C21H19F3N2O5S2/c22-21(23,24)16-11-15-12-18(19(31-32(27)28)10-14-6-4-5-7-14)26(20(15)25-13-16)33(29,30)17-8-2-1-3-9-17/h1-3,8-14,32H,4-7H2. The summed E-state index contributed by atoms with van der Waals surface area (Å²) in [6, 6.07) is 9.17. The molecule has 0 spiro atoms. The van der Waals surface area contributed by atoms with Crippen LogP contribution < -0.4 is 0 Å². The number of fused-ring (bicyclic) bond motifs is 1. The fourth-order valence-electron chi connectivity index (χ4n) is 3.92. The van der Waals surface area contributed by atoms with E-state index in [2.05, 4.69) is 4.98 Å². The Morgan fingerprint density at radius 1 is 1.12 bits per heavy atom. The summed E-state index contributed by atoms with van der Waals surface area (Å²) >= 11 is 0. The smallest absolute Gasteiger partial charge is 0.382 e. The Balaban J connectivity index is 2.02. The van der Waals surface area contributed by atoms with Gasteiger partial charge in [0.15, 0.2) is 11.4 Å². The summed E-state index contributed by atoms with van der Waals surface area (Å²) in [6.45, 7) is 0. The Labute approximate surface area is 189 Å². The molecule has 0 atom stereocenters. The van der Waals surface area contributed by atoms with Crippen molar-refractivity contribution in [1.82, 2.24) is 8.96 Å². The largest absolute Gasteiger partial charge is 0.417 e. The van der Waals surface area contributed by atoms with Gasteiger partial charge in [0.2, 0.25) is 0 Å². The SMILES string of the molecule is O=[SH](=O)OC(=CC1CCCC1)c1cc2cc(C(F)(F)F)cnc2n1S(=O)(=O)c1ccccc1. The van der Waals surface area contributed by atoms with Gasteiger partial charge in [0, 0.05) is 11.6 Å². The van der Waals surface area contributed by atoms with E-state index in [0.29, 0.717) is 6.20 Å². The molecule has 7 nitrogen and oxygen atoms in total. The Morgan fingerprint density at radius 3 is 2.39 bits per heavy atom. The van der Waals surface area contributed by atoms with Crippen LogP contribution in [0.3, 0.4) is 0 Å². The number of halogens is 3. The van der Waals surface area contributed by atoms with Gasteiger partial charge < -0.3 is 4.18 Å². The summed E-state index contributed by atoms with van der Waals surface area (Å²) < 4.78 is 95.3.